The number of hydrogen-bond acceptors (Lipinski definition) is 5. The fourth-order valence-corrected chi connectivity index (χ4v) is 4.58. The number of aromatic carboxylic acids is 1. The largest absolute Gasteiger partial charge is 0.507 e. The molecule has 1 aliphatic heterocycles. The van der Waals surface area contributed by atoms with Gasteiger partial charge in [0.05, 0.1) is 10.6 Å². The normalized spacial score (nSPS) is 13.2. The van der Waals surface area contributed by atoms with Crippen LogP contribution in [0, 0.1) is 0 Å². The van der Waals surface area contributed by atoms with Crippen molar-refractivity contribution in [3.05, 3.63) is 59.7 Å². The van der Waals surface area contributed by atoms with Crippen molar-refractivity contribution >= 4 is 44.0 Å². The molecule has 1 aliphatic rings. The first-order valence-electron chi connectivity index (χ1n) is 8.13. The molecule has 0 atom stereocenters. The van der Waals surface area contributed by atoms with Crippen molar-refractivity contribution in [1.82, 2.24) is 0 Å². The average molecular weight is 398 g/mol. The molecule has 3 aromatic carbocycles. The first-order chi connectivity index (χ1) is 13.2. The van der Waals surface area contributed by atoms with Gasteiger partial charge < -0.3 is 15.1 Å². The first-order valence-corrected chi connectivity index (χ1v) is 9.62. The Morgan fingerprint density at radius 1 is 1.11 bits per heavy atom. The number of carboxylic acid groups (broad SMARTS) is 1. The molecule has 142 valence electrons. The SMILES string of the molecule is CN1C(=O)c2cccc3c(S(=O)(=O)Nc4ccc(O)c(C(=O)O)c4)ccc1c23. The van der Waals surface area contributed by atoms with Crippen LogP contribution in [0.3, 0.4) is 0 Å². The van der Waals surface area contributed by atoms with Crippen LogP contribution in [0.25, 0.3) is 10.8 Å². The van der Waals surface area contributed by atoms with Crippen LogP contribution in [0.1, 0.15) is 20.7 Å². The van der Waals surface area contributed by atoms with Crippen LogP contribution in [0.4, 0.5) is 11.4 Å². The van der Waals surface area contributed by atoms with Crippen molar-refractivity contribution < 1.29 is 28.2 Å². The Morgan fingerprint density at radius 3 is 2.57 bits per heavy atom. The predicted molar refractivity (Wildman–Crippen MR) is 103 cm³/mol. The van der Waals surface area contributed by atoms with Crippen LogP contribution >= 0.6 is 0 Å². The van der Waals surface area contributed by atoms with Gasteiger partial charge >= 0.3 is 5.97 Å². The molecule has 28 heavy (non-hydrogen) atoms. The summed E-state index contributed by atoms with van der Waals surface area (Å²) in [5, 5.41) is 19.6. The van der Waals surface area contributed by atoms with Crippen LogP contribution in [0.5, 0.6) is 5.75 Å². The number of rotatable bonds is 4. The molecule has 1 amide bonds. The molecule has 3 N–H and O–H groups in total. The Bertz CT molecular complexity index is 1280. The van der Waals surface area contributed by atoms with Gasteiger partial charge in [-0.2, -0.15) is 0 Å². The lowest BCUT2D eigenvalue weighted by Gasteiger charge is -2.13. The maximum atomic E-state index is 13.0. The van der Waals surface area contributed by atoms with E-state index in [0.717, 1.165) is 12.1 Å². The van der Waals surface area contributed by atoms with E-state index in [-0.39, 0.29) is 16.5 Å². The Labute approximate surface area is 159 Å². The van der Waals surface area contributed by atoms with Gasteiger partial charge in [-0.05, 0) is 36.4 Å². The number of amides is 1. The second-order valence-electron chi connectivity index (χ2n) is 6.32. The molecule has 1 heterocycles. The Morgan fingerprint density at radius 2 is 1.86 bits per heavy atom. The third kappa shape index (κ3) is 2.55. The first kappa shape index (κ1) is 17.8. The zero-order chi connectivity index (χ0) is 20.2. The minimum Gasteiger partial charge on any atom is -0.507 e. The molecule has 0 aromatic heterocycles. The topological polar surface area (TPSA) is 124 Å². The number of hydrogen-bond donors (Lipinski definition) is 3. The lowest BCUT2D eigenvalue weighted by molar-refractivity contribution is 0.0693. The quantitative estimate of drug-likeness (QED) is 0.581. The summed E-state index contributed by atoms with van der Waals surface area (Å²) in [6, 6.07) is 11.2. The number of carbonyl (C=O) groups is 2. The highest BCUT2D eigenvalue weighted by molar-refractivity contribution is 7.93. The number of phenols is 1. The molecule has 9 heteroatoms. The number of carboxylic acids is 1. The van der Waals surface area contributed by atoms with Crippen molar-refractivity contribution in [2.75, 3.05) is 16.7 Å². The van der Waals surface area contributed by atoms with Crippen molar-refractivity contribution in [1.29, 1.82) is 0 Å². The molecular formula is C19H14N2O6S. The number of carbonyl (C=O) groups excluding carboxylic acids is 1. The van der Waals surface area contributed by atoms with Crippen LogP contribution in [0.2, 0.25) is 0 Å². The molecule has 0 radical (unpaired) electrons. The summed E-state index contributed by atoms with van der Waals surface area (Å²) in [5.41, 5.74) is 0.608. The van der Waals surface area contributed by atoms with E-state index >= 15 is 0 Å². The Kier molecular flexibility index (Phi) is 3.79. The van der Waals surface area contributed by atoms with E-state index < -0.39 is 27.3 Å². The number of nitrogens with zero attached hydrogens (tertiary/aromatic N) is 1. The molecule has 4 rings (SSSR count). The smallest absolute Gasteiger partial charge is 0.339 e. The number of aromatic hydroxyl groups is 1. The maximum Gasteiger partial charge on any atom is 0.339 e. The Hall–Kier alpha value is -3.59. The highest BCUT2D eigenvalue weighted by atomic mass is 32.2. The molecule has 0 bridgehead atoms. The number of nitrogens with one attached hydrogen (secondary N) is 1. The predicted octanol–water partition coefficient (Wildman–Crippen LogP) is 2.63. The summed E-state index contributed by atoms with van der Waals surface area (Å²) < 4.78 is 28.3. The third-order valence-corrected chi connectivity index (χ3v) is 6.08. The second kappa shape index (κ2) is 5.96. The van der Waals surface area contributed by atoms with Gasteiger partial charge in [0.2, 0.25) is 0 Å². The fourth-order valence-electron chi connectivity index (χ4n) is 3.32. The van der Waals surface area contributed by atoms with E-state index in [9.17, 15) is 23.1 Å². The van der Waals surface area contributed by atoms with E-state index in [0.29, 0.717) is 22.0 Å². The molecule has 0 saturated carbocycles. The monoisotopic (exact) mass is 398 g/mol. The zero-order valence-electron chi connectivity index (χ0n) is 14.5. The zero-order valence-corrected chi connectivity index (χ0v) is 15.3. The van der Waals surface area contributed by atoms with Crippen LogP contribution < -0.4 is 9.62 Å². The van der Waals surface area contributed by atoms with Crippen molar-refractivity contribution in [3.8, 4) is 5.75 Å². The molecule has 8 nitrogen and oxygen atoms in total. The van der Waals surface area contributed by atoms with Gasteiger partial charge in [-0.15, -0.1) is 0 Å². The van der Waals surface area contributed by atoms with E-state index in [1.165, 1.54) is 17.0 Å². The minimum absolute atomic E-state index is 0.00773. The lowest BCUT2D eigenvalue weighted by Crippen LogP contribution is -2.20. The van der Waals surface area contributed by atoms with Gasteiger partial charge in [-0.25, -0.2) is 13.2 Å². The van der Waals surface area contributed by atoms with Gasteiger partial charge in [-0.1, -0.05) is 12.1 Å². The van der Waals surface area contributed by atoms with Gasteiger partial charge in [-0.3, -0.25) is 9.52 Å². The van der Waals surface area contributed by atoms with Gasteiger partial charge in [0.25, 0.3) is 15.9 Å². The van der Waals surface area contributed by atoms with Gasteiger partial charge in [0.15, 0.2) is 0 Å². The van der Waals surface area contributed by atoms with Gasteiger partial charge in [0.1, 0.15) is 11.3 Å². The summed E-state index contributed by atoms with van der Waals surface area (Å²) in [5.74, 6) is -2.07. The standard InChI is InChI=1S/C19H14N2O6S/c1-21-14-6-8-16(11-3-2-4-12(17(11)14)18(21)23)28(26,27)20-10-5-7-15(22)13(9-10)19(24)25/h2-9,20,22H,1H3,(H,24,25). The number of sulfonamides is 1. The number of anilines is 2. The minimum atomic E-state index is -4.09. The van der Waals surface area contributed by atoms with Crippen LogP contribution in [0.15, 0.2) is 53.4 Å². The van der Waals surface area contributed by atoms with Gasteiger partial charge in [0, 0.05) is 29.1 Å². The summed E-state index contributed by atoms with van der Waals surface area (Å²) in [4.78, 5) is 24.9. The third-order valence-electron chi connectivity index (χ3n) is 4.64. The van der Waals surface area contributed by atoms with Crippen molar-refractivity contribution in [2.24, 2.45) is 0 Å². The highest BCUT2D eigenvalue weighted by Gasteiger charge is 2.30. The average Bonchev–Trinajstić information content (AvgIpc) is 2.90. The molecule has 0 aliphatic carbocycles. The summed E-state index contributed by atoms with van der Waals surface area (Å²) in [6.07, 6.45) is 0. The Balaban J connectivity index is 1.84. The fraction of sp³-hybridized carbons (Fsp3) is 0.0526. The number of benzene rings is 3. The van der Waals surface area contributed by atoms with E-state index in [1.54, 1.807) is 31.3 Å². The maximum absolute atomic E-state index is 13.0. The van der Waals surface area contributed by atoms with E-state index in [2.05, 4.69) is 4.72 Å². The van der Waals surface area contributed by atoms with E-state index in [4.69, 9.17) is 5.11 Å². The van der Waals surface area contributed by atoms with Crippen LogP contribution in [-0.2, 0) is 10.0 Å². The molecule has 0 spiro atoms. The van der Waals surface area contributed by atoms with Crippen molar-refractivity contribution in [2.45, 2.75) is 4.90 Å². The molecule has 0 unspecified atom stereocenters. The van der Waals surface area contributed by atoms with E-state index in [1.807, 2.05) is 0 Å². The lowest BCUT2D eigenvalue weighted by atomic mass is 10.1. The summed E-state index contributed by atoms with van der Waals surface area (Å²) in [7, 11) is -2.47. The summed E-state index contributed by atoms with van der Waals surface area (Å²) in [6.45, 7) is 0. The van der Waals surface area contributed by atoms with Crippen molar-refractivity contribution in [3.63, 3.8) is 0 Å². The molecular weight excluding hydrogens is 384 g/mol. The van der Waals surface area contributed by atoms with Crippen LogP contribution in [-0.4, -0.2) is 37.6 Å². The molecule has 0 saturated heterocycles. The summed E-state index contributed by atoms with van der Waals surface area (Å²) >= 11 is 0. The molecule has 3 aromatic rings. The molecule has 0 fully saturated rings. The highest BCUT2D eigenvalue weighted by Crippen LogP contribution is 2.39. The second-order valence-corrected chi connectivity index (χ2v) is 7.97.